The van der Waals surface area contributed by atoms with E-state index < -0.39 is 0 Å². The van der Waals surface area contributed by atoms with Crippen molar-refractivity contribution in [1.82, 2.24) is 5.32 Å². The number of carbonyl (C=O) groups excluding carboxylic acids is 1. The predicted molar refractivity (Wildman–Crippen MR) is 54.0 cm³/mol. The van der Waals surface area contributed by atoms with Gasteiger partial charge in [-0.05, 0) is 12.5 Å². The van der Waals surface area contributed by atoms with E-state index in [1.165, 1.54) is 12.5 Å². The molecule has 1 aromatic heterocycles. The molecule has 1 rings (SSSR count). The highest BCUT2D eigenvalue weighted by Crippen LogP contribution is 2.03. The molecule has 0 aliphatic carbocycles. The number of amides is 1. The molecule has 4 heteroatoms. The van der Waals surface area contributed by atoms with Crippen LogP contribution < -0.4 is 5.32 Å². The monoisotopic (exact) mass is 245 g/mol. The van der Waals surface area contributed by atoms with Gasteiger partial charge in [0, 0.05) is 11.4 Å². The second-order valence-corrected chi connectivity index (χ2v) is 4.02. The Morgan fingerprint density at radius 2 is 2.54 bits per heavy atom. The van der Waals surface area contributed by atoms with Crippen LogP contribution in [-0.4, -0.2) is 17.3 Å². The minimum atomic E-state index is -0.0911. The van der Waals surface area contributed by atoms with E-state index in [-0.39, 0.29) is 5.91 Å². The first kappa shape index (κ1) is 10.3. The molecule has 1 atom stereocenters. The van der Waals surface area contributed by atoms with Gasteiger partial charge in [0.25, 0.3) is 5.91 Å². The summed E-state index contributed by atoms with van der Waals surface area (Å²) in [5.41, 5.74) is 0.566. The van der Waals surface area contributed by atoms with Crippen molar-refractivity contribution in [2.75, 3.05) is 6.54 Å². The number of furan rings is 1. The molecule has 0 fully saturated rings. The van der Waals surface area contributed by atoms with Crippen molar-refractivity contribution in [3.05, 3.63) is 24.2 Å². The van der Waals surface area contributed by atoms with E-state index in [0.717, 1.165) is 6.42 Å². The zero-order valence-corrected chi connectivity index (χ0v) is 9.00. The van der Waals surface area contributed by atoms with Crippen LogP contribution in [-0.2, 0) is 0 Å². The van der Waals surface area contributed by atoms with E-state index in [1.54, 1.807) is 6.07 Å². The van der Waals surface area contributed by atoms with Crippen LogP contribution >= 0.6 is 15.9 Å². The maximum atomic E-state index is 11.3. The predicted octanol–water partition coefficient (Wildman–Crippen LogP) is 2.18. The van der Waals surface area contributed by atoms with Crippen LogP contribution in [0.15, 0.2) is 23.0 Å². The van der Waals surface area contributed by atoms with E-state index >= 15 is 0 Å². The average molecular weight is 246 g/mol. The van der Waals surface area contributed by atoms with Gasteiger partial charge < -0.3 is 9.73 Å². The first-order valence-electron chi connectivity index (χ1n) is 4.18. The quantitative estimate of drug-likeness (QED) is 0.827. The van der Waals surface area contributed by atoms with Gasteiger partial charge in [0.2, 0.25) is 0 Å². The average Bonchev–Trinajstić information content (AvgIpc) is 2.66. The normalized spacial score (nSPS) is 12.5. The van der Waals surface area contributed by atoms with Crippen molar-refractivity contribution >= 4 is 21.8 Å². The summed E-state index contributed by atoms with van der Waals surface area (Å²) in [6, 6.07) is 1.64. The van der Waals surface area contributed by atoms with E-state index in [9.17, 15) is 4.79 Å². The standard InChI is InChI=1S/C9H12BrNO2/c1-2-8(10)5-11-9(12)7-3-4-13-6-7/h3-4,6,8H,2,5H2,1H3,(H,11,12). The first-order valence-corrected chi connectivity index (χ1v) is 5.10. The van der Waals surface area contributed by atoms with Crippen molar-refractivity contribution in [2.24, 2.45) is 0 Å². The Morgan fingerprint density at radius 3 is 3.08 bits per heavy atom. The molecule has 0 aliphatic rings. The Labute approximate surface area is 85.6 Å². The number of rotatable bonds is 4. The largest absolute Gasteiger partial charge is 0.472 e. The lowest BCUT2D eigenvalue weighted by molar-refractivity contribution is 0.0953. The summed E-state index contributed by atoms with van der Waals surface area (Å²) in [5.74, 6) is -0.0911. The minimum Gasteiger partial charge on any atom is -0.472 e. The fourth-order valence-electron chi connectivity index (χ4n) is 0.844. The maximum absolute atomic E-state index is 11.3. The summed E-state index contributed by atoms with van der Waals surface area (Å²) >= 11 is 3.43. The second kappa shape index (κ2) is 5.07. The molecular weight excluding hydrogens is 234 g/mol. The van der Waals surface area contributed by atoms with Crippen LogP contribution in [0.4, 0.5) is 0 Å². The van der Waals surface area contributed by atoms with Gasteiger partial charge in [0.05, 0.1) is 11.8 Å². The zero-order chi connectivity index (χ0) is 9.68. The molecule has 1 unspecified atom stereocenters. The number of hydrogen-bond acceptors (Lipinski definition) is 2. The Kier molecular flexibility index (Phi) is 4.02. The van der Waals surface area contributed by atoms with Crippen LogP contribution in [0.25, 0.3) is 0 Å². The molecule has 1 aromatic rings. The molecule has 0 saturated heterocycles. The third kappa shape index (κ3) is 3.22. The molecule has 72 valence electrons. The van der Waals surface area contributed by atoms with Gasteiger partial charge in [0.1, 0.15) is 6.26 Å². The lowest BCUT2D eigenvalue weighted by Crippen LogP contribution is -2.28. The van der Waals surface area contributed by atoms with Gasteiger partial charge in [0.15, 0.2) is 0 Å². The number of carbonyl (C=O) groups is 1. The number of nitrogens with one attached hydrogen (secondary N) is 1. The summed E-state index contributed by atoms with van der Waals surface area (Å²) in [6.45, 7) is 2.70. The van der Waals surface area contributed by atoms with Gasteiger partial charge >= 0.3 is 0 Å². The van der Waals surface area contributed by atoms with Crippen LogP contribution in [0.2, 0.25) is 0 Å². The molecule has 1 amide bonds. The highest BCUT2D eigenvalue weighted by Gasteiger charge is 2.07. The minimum absolute atomic E-state index is 0.0911. The third-order valence-corrected chi connectivity index (χ3v) is 2.68. The summed E-state index contributed by atoms with van der Waals surface area (Å²) in [6.07, 6.45) is 3.91. The summed E-state index contributed by atoms with van der Waals surface area (Å²) < 4.78 is 4.80. The van der Waals surface area contributed by atoms with Gasteiger partial charge in [-0.3, -0.25) is 4.79 Å². The SMILES string of the molecule is CCC(Br)CNC(=O)c1ccoc1. The van der Waals surface area contributed by atoms with Gasteiger partial charge in [-0.2, -0.15) is 0 Å². The number of hydrogen-bond donors (Lipinski definition) is 1. The summed E-state index contributed by atoms with van der Waals surface area (Å²) in [7, 11) is 0. The molecular formula is C9H12BrNO2. The Hall–Kier alpha value is -0.770. The highest BCUT2D eigenvalue weighted by atomic mass is 79.9. The molecule has 3 nitrogen and oxygen atoms in total. The Morgan fingerprint density at radius 1 is 1.77 bits per heavy atom. The smallest absolute Gasteiger partial charge is 0.254 e. The van der Waals surface area contributed by atoms with Crippen molar-refractivity contribution in [2.45, 2.75) is 18.2 Å². The molecule has 0 saturated carbocycles. The van der Waals surface area contributed by atoms with Gasteiger partial charge in [-0.1, -0.05) is 22.9 Å². The highest BCUT2D eigenvalue weighted by molar-refractivity contribution is 9.09. The number of alkyl halides is 1. The second-order valence-electron chi connectivity index (χ2n) is 2.73. The van der Waals surface area contributed by atoms with E-state index in [4.69, 9.17) is 4.42 Å². The lowest BCUT2D eigenvalue weighted by Gasteiger charge is -2.07. The fourth-order valence-corrected chi connectivity index (χ4v) is 1.01. The van der Waals surface area contributed by atoms with E-state index in [0.29, 0.717) is 16.9 Å². The van der Waals surface area contributed by atoms with Crippen molar-refractivity contribution in [1.29, 1.82) is 0 Å². The van der Waals surface area contributed by atoms with E-state index in [1.807, 2.05) is 0 Å². The molecule has 0 aromatic carbocycles. The molecule has 1 heterocycles. The molecule has 13 heavy (non-hydrogen) atoms. The summed E-state index contributed by atoms with van der Waals surface area (Å²) in [4.78, 5) is 11.7. The fraction of sp³-hybridized carbons (Fsp3) is 0.444. The molecule has 1 N–H and O–H groups in total. The van der Waals surface area contributed by atoms with E-state index in [2.05, 4.69) is 28.2 Å². The van der Waals surface area contributed by atoms with Gasteiger partial charge in [-0.25, -0.2) is 0 Å². The molecule has 0 bridgehead atoms. The van der Waals surface area contributed by atoms with Crippen LogP contribution in [0.1, 0.15) is 23.7 Å². The number of halogens is 1. The van der Waals surface area contributed by atoms with Crippen molar-refractivity contribution < 1.29 is 9.21 Å². The third-order valence-electron chi connectivity index (χ3n) is 1.71. The van der Waals surface area contributed by atoms with Gasteiger partial charge in [-0.15, -0.1) is 0 Å². The van der Waals surface area contributed by atoms with Crippen molar-refractivity contribution in [3.8, 4) is 0 Å². The van der Waals surface area contributed by atoms with Crippen LogP contribution in [0, 0.1) is 0 Å². The first-order chi connectivity index (χ1) is 6.24. The zero-order valence-electron chi connectivity index (χ0n) is 7.42. The Bertz CT molecular complexity index is 259. The molecule has 0 radical (unpaired) electrons. The Balaban J connectivity index is 2.35. The summed E-state index contributed by atoms with van der Waals surface area (Å²) in [5, 5.41) is 2.79. The lowest BCUT2D eigenvalue weighted by atomic mass is 10.3. The molecule has 0 aliphatic heterocycles. The van der Waals surface area contributed by atoms with Crippen LogP contribution in [0.3, 0.4) is 0 Å². The molecule has 0 spiro atoms. The maximum Gasteiger partial charge on any atom is 0.254 e. The topological polar surface area (TPSA) is 42.2 Å². The van der Waals surface area contributed by atoms with Crippen LogP contribution in [0.5, 0.6) is 0 Å². The van der Waals surface area contributed by atoms with Crippen molar-refractivity contribution in [3.63, 3.8) is 0 Å².